The van der Waals surface area contributed by atoms with E-state index in [4.69, 9.17) is 0 Å². The minimum Gasteiger partial charge on any atom is -0.143 e. The molecule has 0 bridgehead atoms. The van der Waals surface area contributed by atoms with E-state index in [-0.39, 0.29) is 0 Å². The standard InChI is InChI=1S/C9H7S2/c1-7-5-9(11-6-7)8-3-2-4-10-8/h2-5H,1H3. The van der Waals surface area contributed by atoms with Crippen molar-refractivity contribution in [2.75, 3.05) is 0 Å². The summed E-state index contributed by atoms with van der Waals surface area (Å²) in [5.41, 5.74) is 1.23. The van der Waals surface area contributed by atoms with E-state index in [1.165, 1.54) is 15.3 Å². The molecule has 0 spiro atoms. The third-order valence-corrected chi connectivity index (χ3v) is 3.45. The predicted molar refractivity (Wildman–Crippen MR) is 51.2 cm³/mol. The van der Waals surface area contributed by atoms with E-state index >= 15 is 0 Å². The van der Waals surface area contributed by atoms with Gasteiger partial charge in [0, 0.05) is 15.1 Å². The van der Waals surface area contributed by atoms with Crippen molar-refractivity contribution in [2.24, 2.45) is 0 Å². The van der Waals surface area contributed by atoms with Gasteiger partial charge in [-0.1, -0.05) is 6.07 Å². The highest BCUT2D eigenvalue weighted by Crippen LogP contribution is 2.29. The molecule has 0 saturated carbocycles. The Hall–Kier alpha value is -0.600. The molecule has 2 heteroatoms. The lowest BCUT2D eigenvalue weighted by Gasteiger charge is -1.85. The second kappa shape index (κ2) is 2.80. The quantitative estimate of drug-likeness (QED) is 0.627. The Morgan fingerprint density at radius 3 is 2.82 bits per heavy atom. The van der Waals surface area contributed by atoms with Gasteiger partial charge in [-0.25, -0.2) is 0 Å². The Labute approximate surface area is 74.1 Å². The molecule has 0 nitrogen and oxygen atoms in total. The van der Waals surface area contributed by atoms with E-state index in [1.807, 2.05) is 0 Å². The fraction of sp³-hybridized carbons (Fsp3) is 0.111. The molecule has 2 rings (SSSR count). The normalized spacial score (nSPS) is 10.3. The van der Waals surface area contributed by atoms with Crippen molar-refractivity contribution in [3.63, 3.8) is 0 Å². The summed E-state index contributed by atoms with van der Waals surface area (Å²) in [6, 6.07) is 6.40. The summed E-state index contributed by atoms with van der Waals surface area (Å²) < 4.78 is 0. The fourth-order valence-corrected chi connectivity index (χ4v) is 2.57. The monoisotopic (exact) mass is 179 g/mol. The topological polar surface area (TPSA) is 0 Å². The maximum Gasteiger partial charge on any atom is 0.0481 e. The van der Waals surface area contributed by atoms with Crippen molar-refractivity contribution < 1.29 is 0 Å². The lowest BCUT2D eigenvalue weighted by Crippen LogP contribution is -1.58. The molecule has 0 aliphatic heterocycles. The highest BCUT2D eigenvalue weighted by molar-refractivity contribution is 7.20. The van der Waals surface area contributed by atoms with Crippen LogP contribution in [0.1, 0.15) is 5.56 Å². The molecule has 2 aromatic heterocycles. The number of thiophene rings is 2. The lowest BCUT2D eigenvalue weighted by molar-refractivity contribution is 1.55. The van der Waals surface area contributed by atoms with Gasteiger partial charge in [0.1, 0.15) is 0 Å². The Balaban J connectivity index is 2.45. The van der Waals surface area contributed by atoms with E-state index in [9.17, 15) is 0 Å². The summed E-state index contributed by atoms with van der Waals surface area (Å²) >= 11 is 3.47. The van der Waals surface area contributed by atoms with Gasteiger partial charge >= 0.3 is 0 Å². The highest BCUT2D eigenvalue weighted by atomic mass is 32.1. The van der Waals surface area contributed by atoms with Crippen LogP contribution in [0.15, 0.2) is 23.6 Å². The van der Waals surface area contributed by atoms with E-state index in [1.54, 1.807) is 22.7 Å². The average molecular weight is 179 g/mol. The average Bonchev–Trinajstić information content (AvgIpc) is 2.55. The van der Waals surface area contributed by atoms with Crippen molar-refractivity contribution in [3.05, 3.63) is 34.5 Å². The molecule has 0 atom stereocenters. The molecular formula is C9H7S2. The third kappa shape index (κ3) is 1.37. The van der Waals surface area contributed by atoms with E-state index in [0.717, 1.165) is 0 Å². The molecule has 0 N–H and O–H groups in total. The second-order valence-electron chi connectivity index (χ2n) is 2.37. The van der Waals surface area contributed by atoms with Crippen LogP contribution >= 0.6 is 22.7 Å². The molecule has 0 aliphatic rings. The van der Waals surface area contributed by atoms with Gasteiger partial charge in [-0.15, -0.1) is 22.7 Å². The van der Waals surface area contributed by atoms with Gasteiger partial charge in [-0.05, 0) is 30.0 Å². The summed E-state index contributed by atoms with van der Waals surface area (Å²) in [6.07, 6.45) is 0. The van der Waals surface area contributed by atoms with Crippen molar-refractivity contribution in [3.8, 4) is 9.75 Å². The molecule has 0 amide bonds. The van der Waals surface area contributed by atoms with Gasteiger partial charge in [0.15, 0.2) is 0 Å². The fourth-order valence-electron chi connectivity index (χ4n) is 0.931. The minimum absolute atomic E-state index is 1.23. The predicted octanol–water partition coefficient (Wildman–Crippen LogP) is 3.59. The molecule has 2 heterocycles. The summed E-state index contributed by atoms with van der Waals surface area (Å²) in [4.78, 5) is 2.68. The number of hydrogen-bond donors (Lipinski definition) is 0. The van der Waals surface area contributed by atoms with Crippen LogP contribution in [-0.2, 0) is 0 Å². The summed E-state index contributed by atoms with van der Waals surface area (Å²) in [6.45, 7) is 2.08. The van der Waals surface area contributed by atoms with E-state index < -0.39 is 0 Å². The Morgan fingerprint density at radius 1 is 1.36 bits per heavy atom. The van der Waals surface area contributed by atoms with Crippen LogP contribution in [0.25, 0.3) is 9.75 Å². The van der Waals surface area contributed by atoms with Gasteiger partial charge < -0.3 is 0 Å². The van der Waals surface area contributed by atoms with Crippen LogP contribution in [0.3, 0.4) is 0 Å². The van der Waals surface area contributed by atoms with Crippen LogP contribution in [0.2, 0.25) is 0 Å². The Morgan fingerprint density at radius 2 is 2.27 bits per heavy atom. The minimum atomic E-state index is 1.23. The van der Waals surface area contributed by atoms with Crippen LogP contribution in [0.5, 0.6) is 0 Å². The lowest BCUT2D eigenvalue weighted by atomic mass is 10.3. The molecule has 0 aromatic carbocycles. The van der Waals surface area contributed by atoms with Crippen molar-refractivity contribution in [2.45, 2.75) is 6.92 Å². The molecule has 1 radical (unpaired) electrons. The molecule has 0 fully saturated rings. The van der Waals surface area contributed by atoms with Gasteiger partial charge in [0.25, 0.3) is 0 Å². The number of aryl methyl sites for hydroxylation is 1. The van der Waals surface area contributed by atoms with Crippen LogP contribution in [0, 0.1) is 12.3 Å². The highest BCUT2D eigenvalue weighted by Gasteiger charge is 1.99. The van der Waals surface area contributed by atoms with Crippen LogP contribution < -0.4 is 0 Å². The van der Waals surface area contributed by atoms with Gasteiger partial charge in [0.05, 0.1) is 0 Å². The first-order chi connectivity index (χ1) is 5.36. The zero-order valence-corrected chi connectivity index (χ0v) is 7.76. The van der Waals surface area contributed by atoms with Gasteiger partial charge in [-0.2, -0.15) is 0 Å². The Bertz CT molecular complexity index is 330. The summed E-state index contributed by atoms with van der Waals surface area (Å²) in [5.74, 6) is 0. The third-order valence-electron chi connectivity index (χ3n) is 1.43. The number of rotatable bonds is 1. The van der Waals surface area contributed by atoms with Crippen molar-refractivity contribution >= 4 is 22.7 Å². The van der Waals surface area contributed by atoms with Crippen molar-refractivity contribution in [1.29, 1.82) is 0 Å². The number of hydrogen-bond acceptors (Lipinski definition) is 2. The molecule has 0 aliphatic carbocycles. The molecule has 2 aromatic rings. The zero-order chi connectivity index (χ0) is 7.68. The molecule has 55 valence electrons. The molecular weight excluding hydrogens is 172 g/mol. The van der Waals surface area contributed by atoms with Crippen LogP contribution in [0.4, 0.5) is 0 Å². The maximum atomic E-state index is 3.21. The smallest absolute Gasteiger partial charge is 0.0481 e. The largest absolute Gasteiger partial charge is 0.143 e. The van der Waals surface area contributed by atoms with Gasteiger partial charge in [0.2, 0.25) is 0 Å². The second-order valence-corrected chi connectivity index (χ2v) is 4.17. The first-order valence-corrected chi connectivity index (χ1v) is 5.08. The Kier molecular flexibility index (Phi) is 1.80. The van der Waals surface area contributed by atoms with E-state index in [2.05, 4.69) is 35.9 Å². The molecule has 0 saturated heterocycles. The van der Waals surface area contributed by atoms with Crippen LogP contribution in [-0.4, -0.2) is 0 Å². The SMILES string of the molecule is Cc1[c]sc(-c2cccs2)c1. The first-order valence-electron chi connectivity index (χ1n) is 3.38. The summed E-state index contributed by atoms with van der Waals surface area (Å²) in [7, 11) is 0. The molecule has 0 unspecified atom stereocenters. The first kappa shape index (κ1) is 7.07. The summed E-state index contributed by atoms with van der Waals surface area (Å²) in [5, 5.41) is 5.31. The maximum absolute atomic E-state index is 3.21. The van der Waals surface area contributed by atoms with Crippen molar-refractivity contribution in [1.82, 2.24) is 0 Å². The zero-order valence-electron chi connectivity index (χ0n) is 6.13. The molecule has 11 heavy (non-hydrogen) atoms. The van der Waals surface area contributed by atoms with Gasteiger partial charge in [-0.3, -0.25) is 0 Å². The van der Waals surface area contributed by atoms with E-state index in [0.29, 0.717) is 0 Å².